The van der Waals surface area contributed by atoms with Crippen molar-refractivity contribution in [2.75, 3.05) is 0 Å². The molecule has 2 aromatic heterocycles. The number of aromatic nitrogens is 3. The molecule has 0 aliphatic carbocycles. The summed E-state index contributed by atoms with van der Waals surface area (Å²) >= 11 is 0. The minimum atomic E-state index is 0.0572. The first-order valence-electron chi connectivity index (χ1n) is 4.05. The number of rotatable bonds is 0. The standard InChI is InChI=1S/C9H5N3O2/c13-6-4-5-2-1-3-10-7(5)9-8(6)11-12-14-9/h1-4,13H. The third kappa shape index (κ3) is 0.806. The Kier molecular flexibility index (Phi) is 1.25. The van der Waals surface area contributed by atoms with Crippen LogP contribution in [-0.4, -0.2) is 20.5 Å². The molecule has 68 valence electrons. The van der Waals surface area contributed by atoms with Gasteiger partial charge in [0.15, 0.2) is 5.52 Å². The van der Waals surface area contributed by atoms with Crippen molar-refractivity contribution in [3.63, 3.8) is 0 Å². The Morgan fingerprint density at radius 2 is 2.21 bits per heavy atom. The fourth-order valence-corrected chi connectivity index (χ4v) is 1.45. The van der Waals surface area contributed by atoms with E-state index in [1.807, 2.05) is 6.07 Å². The van der Waals surface area contributed by atoms with Crippen LogP contribution in [0.5, 0.6) is 5.75 Å². The van der Waals surface area contributed by atoms with Crippen molar-refractivity contribution in [2.45, 2.75) is 0 Å². The lowest BCUT2D eigenvalue weighted by Crippen LogP contribution is -1.79. The monoisotopic (exact) mass is 187 g/mol. The summed E-state index contributed by atoms with van der Waals surface area (Å²) in [7, 11) is 0. The van der Waals surface area contributed by atoms with Gasteiger partial charge in [-0.15, -0.1) is 5.10 Å². The fourth-order valence-electron chi connectivity index (χ4n) is 1.45. The molecule has 2 heterocycles. The Balaban J connectivity index is 2.66. The van der Waals surface area contributed by atoms with E-state index in [1.54, 1.807) is 18.3 Å². The van der Waals surface area contributed by atoms with Gasteiger partial charge in [-0.3, -0.25) is 4.98 Å². The molecule has 3 aromatic rings. The number of nitrogens with zero attached hydrogens (tertiary/aromatic N) is 3. The summed E-state index contributed by atoms with van der Waals surface area (Å²) in [6.07, 6.45) is 1.65. The van der Waals surface area contributed by atoms with Crippen LogP contribution in [0.25, 0.3) is 22.0 Å². The number of fused-ring (bicyclic) bond motifs is 3. The summed E-state index contributed by atoms with van der Waals surface area (Å²) in [4.78, 5) is 4.14. The van der Waals surface area contributed by atoms with Gasteiger partial charge in [-0.2, -0.15) is 0 Å². The lowest BCUT2D eigenvalue weighted by Gasteiger charge is -1.96. The fraction of sp³-hybridized carbons (Fsp3) is 0. The number of benzene rings is 1. The van der Waals surface area contributed by atoms with Gasteiger partial charge in [0.05, 0.1) is 0 Å². The van der Waals surface area contributed by atoms with Crippen molar-refractivity contribution in [1.29, 1.82) is 0 Å². The van der Waals surface area contributed by atoms with Gasteiger partial charge in [0.25, 0.3) is 0 Å². The molecule has 5 heteroatoms. The molecule has 0 atom stereocenters. The lowest BCUT2D eigenvalue weighted by molar-refractivity contribution is 0.425. The molecule has 0 aliphatic heterocycles. The van der Waals surface area contributed by atoms with E-state index in [0.717, 1.165) is 5.39 Å². The average Bonchev–Trinajstić information content (AvgIpc) is 2.67. The first-order chi connectivity index (χ1) is 6.86. The molecule has 0 amide bonds. The van der Waals surface area contributed by atoms with Crippen LogP contribution < -0.4 is 0 Å². The second-order valence-electron chi connectivity index (χ2n) is 2.92. The topological polar surface area (TPSA) is 72.0 Å². The number of phenols is 1. The Bertz CT molecular complexity index is 618. The molecule has 0 fully saturated rings. The molecule has 1 N–H and O–H groups in total. The molecule has 14 heavy (non-hydrogen) atoms. The zero-order chi connectivity index (χ0) is 9.54. The van der Waals surface area contributed by atoms with E-state index in [1.165, 1.54) is 0 Å². The highest BCUT2D eigenvalue weighted by molar-refractivity contribution is 6.02. The van der Waals surface area contributed by atoms with Crippen LogP contribution in [0.3, 0.4) is 0 Å². The third-order valence-electron chi connectivity index (χ3n) is 2.08. The maximum Gasteiger partial charge on any atom is 0.217 e. The summed E-state index contributed by atoms with van der Waals surface area (Å²) in [5, 5.41) is 17.4. The molecular formula is C9H5N3O2. The molecule has 0 spiro atoms. The summed E-state index contributed by atoms with van der Waals surface area (Å²) in [6.45, 7) is 0. The van der Waals surface area contributed by atoms with Gasteiger partial charge in [0, 0.05) is 16.9 Å². The molecule has 0 unspecified atom stereocenters. The molecule has 0 radical (unpaired) electrons. The predicted molar refractivity (Wildman–Crippen MR) is 48.8 cm³/mol. The Morgan fingerprint density at radius 1 is 1.29 bits per heavy atom. The highest BCUT2D eigenvalue weighted by Crippen LogP contribution is 2.29. The number of phenolic OH excluding ortho intramolecular Hbond substituents is 1. The summed E-state index contributed by atoms with van der Waals surface area (Å²) in [6, 6.07) is 5.22. The minimum Gasteiger partial charge on any atom is -0.505 e. The maximum atomic E-state index is 9.57. The van der Waals surface area contributed by atoms with Crippen LogP contribution in [0.15, 0.2) is 28.9 Å². The minimum absolute atomic E-state index is 0.0572. The van der Waals surface area contributed by atoms with Gasteiger partial charge in [0.2, 0.25) is 5.58 Å². The molecule has 0 saturated heterocycles. The van der Waals surface area contributed by atoms with Gasteiger partial charge in [-0.25, -0.2) is 0 Å². The smallest absolute Gasteiger partial charge is 0.217 e. The first kappa shape index (κ1) is 7.25. The van der Waals surface area contributed by atoms with Crippen LogP contribution in [0, 0.1) is 0 Å². The third-order valence-corrected chi connectivity index (χ3v) is 2.08. The normalized spacial score (nSPS) is 11.1. The second-order valence-corrected chi connectivity index (χ2v) is 2.92. The van der Waals surface area contributed by atoms with E-state index in [9.17, 15) is 5.11 Å². The summed E-state index contributed by atoms with van der Waals surface area (Å²) < 4.78 is 4.93. The van der Waals surface area contributed by atoms with E-state index in [2.05, 4.69) is 15.4 Å². The molecule has 0 saturated carbocycles. The Morgan fingerprint density at radius 3 is 3.14 bits per heavy atom. The highest BCUT2D eigenvalue weighted by Gasteiger charge is 2.11. The van der Waals surface area contributed by atoms with Gasteiger partial charge >= 0.3 is 0 Å². The first-order valence-corrected chi connectivity index (χ1v) is 4.05. The van der Waals surface area contributed by atoms with Crippen LogP contribution in [0.2, 0.25) is 0 Å². The van der Waals surface area contributed by atoms with Crippen LogP contribution in [0.1, 0.15) is 0 Å². The molecule has 0 bridgehead atoms. The number of hydrogen-bond donors (Lipinski definition) is 1. The largest absolute Gasteiger partial charge is 0.505 e. The molecule has 3 rings (SSSR count). The summed E-state index contributed by atoms with van der Waals surface area (Å²) in [5.74, 6) is 0.0572. The van der Waals surface area contributed by atoms with Gasteiger partial charge in [-0.1, -0.05) is 6.07 Å². The second kappa shape index (κ2) is 2.41. The number of hydrogen-bond acceptors (Lipinski definition) is 5. The number of pyridine rings is 1. The SMILES string of the molecule is Oc1cc2cccnc2c2onnc12. The highest BCUT2D eigenvalue weighted by atomic mass is 16.5. The van der Waals surface area contributed by atoms with Crippen LogP contribution in [-0.2, 0) is 0 Å². The van der Waals surface area contributed by atoms with Crippen molar-refractivity contribution < 1.29 is 9.63 Å². The zero-order valence-electron chi connectivity index (χ0n) is 7.01. The van der Waals surface area contributed by atoms with E-state index >= 15 is 0 Å². The Hall–Kier alpha value is -2.17. The molecule has 5 nitrogen and oxygen atoms in total. The van der Waals surface area contributed by atoms with Crippen LogP contribution >= 0.6 is 0 Å². The summed E-state index contributed by atoms with van der Waals surface area (Å²) in [5.41, 5.74) is 1.42. The maximum absolute atomic E-state index is 9.57. The lowest BCUT2D eigenvalue weighted by atomic mass is 10.2. The predicted octanol–water partition coefficient (Wildman–Crippen LogP) is 1.48. The van der Waals surface area contributed by atoms with E-state index in [0.29, 0.717) is 16.6 Å². The van der Waals surface area contributed by atoms with Crippen molar-refractivity contribution in [3.8, 4) is 5.75 Å². The molecular weight excluding hydrogens is 182 g/mol. The average molecular weight is 187 g/mol. The van der Waals surface area contributed by atoms with Crippen molar-refractivity contribution in [2.24, 2.45) is 0 Å². The zero-order valence-corrected chi connectivity index (χ0v) is 7.01. The van der Waals surface area contributed by atoms with Crippen LogP contribution in [0.4, 0.5) is 0 Å². The van der Waals surface area contributed by atoms with Crippen molar-refractivity contribution in [3.05, 3.63) is 24.4 Å². The van der Waals surface area contributed by atoms with E-state index < -0.39 is 0 Å². The van der Waals surface area contributed by atoms with Gasteiger partial charge in [0.1, 0.15) is 11.3 Å². The van der Waals surface area contributed by atoms with E-state index in [-0.39, 0.29) is 5.75 Å². The van der Waals surface area contributed by atoms with Crippen molar-refractivity contribution >= 4 is 22.0 Å². The van der Waals surface area contributed by atoms with Gasteiger partial charge < -0.3 is 9.63 Å². The quantitative estimate of drug-likeness (QED) is 0.577. The van der Waals surface area contributed by atoms with Gasteiger partial charge in [-0.05, 0) is 12.1 Å². The molecule has 0 aliphatic rings. The Labute approximate surface area is 78.0 Å². The van der Waals surface area contributed by atoms with Crippen molar-refractivity contribution in [1.82, 2.24) is 15.4 Å². The number of aromatic hydroxyl groups is 1. The molecule has 1 aromatic carbocycles. The van der Waals surface area contributed by atoms with E-state index in [4.69, 9.17) is 4.52 Å².